The van der Waals surface area contributed by atoms with Crippen molar-refractivity contribution in [3.8, 4) is 11.5 Å². The van der Waals surface area contributed by atoms with Crippen LogP contribution in [-0.2, 0) is 46.5 Å². The first-order chi connectivity index (χ1) is 36.4. The van der Waals surface area contributed by atoms with Gasteiger partial charge in [0, 0.05) is 63.6 Å². The van der Waals surface area contributed by atoms with Gasteiger partial charge in [0.15, 0.2) is 40.2 Å². The third kappa shape index (κ3) is 13.4. The number of fused-ring (bicyclic) bond motifs is 5. The van der Waals surface area contributed by atoms with Crippen molar-refractivity contribution in [3.05, 3.63) is 64.6 Å². The number of unbranched alkanes of at least 4 members (excludes halogenated alkanes) is 3. The summed E-state index contributed by atoms with van der Waals surface area (Å²) in [4.78, 5) is 69.9. The van der Waals surface area contributed by atoms with Crippen LogP contribution >= 0.6 is 23.5 Å². The van der Waals surface area contributed by atoms with Crippen LogP contribution in [0.25, 0.3) is 22.3 Å². The number of carbonyl (C=O) groups excluding carboxylic acids is 1. The molecule has 0 aliphatic carbocycles. The summed E-state index contributed by atoms with van der Waals surface area (Å²) in [7, 11) is -21.7. The number of allylic oxidation sites excluding steroid dienone is 1. The molecule has 28 nitrogen and oxygen atoms in total. The van der Waals surface area contributed by atoms with Crippen LogP contribution in [0, 0.1) is 0 Å². The number of aliphatic hydroxyl groups is 2. The maximum atomic E-state index is 13.1. The topological polar surface area (TPSA) is 405 Å². The van der Waals surface area contributed by atoms with Gasteiger partial charge in [-0.2, -0.15) is 8.62 Å². The number of nitrogens with zero attached hydrogens (tertiary/aromatic N) is 7. The molecule has 426 valence electrons. The minimum absolute atomic E-state index is 0.0277. The summed E-state index contributed by atoms with van der Waals surface area (Å²) in [6.45, 7) is 13.2. The van der Waals surface area contributed by atoms with Gasteiger partial charge < -0.3 is 65.1 Å². The average Bonchev–Trinajstić information content (AvgIpc) is 3.75. The van der Waals surface area contributed by atoms with Gasteiger partial charge in [-0.3, -0.25) is 13.9 Å². The number of hydrogen-bond donors (Lipinski definition) is 9. The van der Waals surface area contributed by atoms with Crippen molar-refractivity contribution in [1.82, 2.24) is 29.4 Å². The fourth-order valence-electron chi connectivity index (χ4n) is 10.3. The SMILES string of the molecule is CCN1c2cc3c(cc2C(C)=CC1(C)C)N=c1cc2c(cc1O3)=[N+](CCCC(=O)NCCCCCCNc1nc3c(N)ncnc3n1[C@@H]1O[C@H](COP(=O)(O)OP(=O)(O)OP(=O)(O)O)[C@@H](O)[C@H]1O)C(C)(C)C=C2CS(=O)(=O)[O-]. The first-order valence-electron chi connectivity index (χ1n) is 24.8. The molecule has 2 aromatic heterocycles. The molecule has 8 rings (SSSR count). The molecule has 0 spiro atoms. The number of phosphoric ester groups is 1. The summed E-state index contributed by atoms with van der Waals surface area (Å²) in [5.74, 6) is 0.257. The molecule has 32 heteroatoms. The van der Waals surface area contributed by atoms with Crippen molar-refractivity contribution in [2.75, 3.05) is 54.5 Å². The van der Waals surface area contributed by atoms with Gasteiger partial charge >= 0.3 is 23.5 Å². The van der Waals surface area contributed by atoms with Gasteiger partial charge in [-0.05, 0) is 69.9 Å². The highest BCUT2D eigenvalue weighted by molar-refractivity contribution is 7.86. The Morgan fingerprint density at radius 2 is 1.64 bits per heavy atom. The lowest BCUT2D eigenvalue weighted by atomic mass is 9.88. The molecule has 78 heavy (non-hydrogen) atoms. The lowest BCUT2D eigenvalue weighted by Crippen LogP contribution is -2.50. The number of hydrogen-bond acceptors (Lipinski definition) is 21. The number of ether oxygens (including phenoxy) is 2. The van der Waals surface area contributed by atoms with Crippen LogP contribution in [0.5, 0.6) is 11.5 Å². The van der Waals surface area contributed by atoms with Gasteiger partial charge in [-0.15, -0.1) is 0 Å². The summed E-state index contributed by atoms with van der Waals surface area (Å²) in [5, 5.41) is 29.1. The predicted molar refractivity (Wildman–Crippen MR) is 282 cm³/mol. The van der Waals surface area contributed by atoms with Crippen LogP contribution in [0.3, 0.4) is 0 Å². The largest absolute Gasteiger partial charge is 0.748 e. The standard InChI is InChI=1S/C46H63N10O18P3S/c1-7-54-32-19-34-30(17-28(32)26(2)21-45(54,3)4)52-31-18-29-27(24-78(67,68)69)22-46(5,6)55(33(29)20-35(31)71-34)16-12-13-37(57)48-14-10-8-9-11-15-49-44-53-38-41(47)50-25-51-42(38)56(44)43-40(59)39(58)36(72-43)23-70-76(63,64)74-77(65,66)73-75(60,61)62/h17-22,25,36,39-40,43,47,52,58-59H,7-16,23-24H2,1-6H3,(H6,48,57,60,61,62,63,64,65,66,67,68,69)/t36-,39-,40-,43-/m1/s1. The number of aromatic nitrogens is 4. The minimum Gasteiger partial charge on any atom is -0.748 e. The molecule has 0 radical (unpaired) electrons. The normalized spacial score (nSPS) is 21.9. The lowest BCUT2D eigenvalue weighted by Gasteiger charge is -2.43. The van der Waals surface area contributed by atoms with E-state index in [9.17, 15) is 51.5 Å². The van der Waals surface area contributed by atoms with E-state index in [1.54, 1.807) is 12.1 Å². The van der Waals surface area contributed by atoms with Gasteiger partial charge in [-0.1, -0.05) is 18.9 Å². The number of nitrogen functional groups attached to an aromatic ring is 1. The first kappa shape index (κ1) is 59.1. The fraction of sp³-hybridized carbons (Fsp3) is 0.522. The maximum Gasteiger partial charge on any atom is 0.490 e. The Bertz CT molecular complexity index is 3480. The van der Waals surface area contributed by atoms with Gasteiger partial charge in [0.05, 0.1) is 39.6 Å². The Morgan fingerprint density at radius 3 is 2.33 bits per heavy atom. The minimum atomic E-state index is -5.82. The van der Waals surface area contributed by atoms with Gasteiger partial charge in [-0.25, -0.2) is 46.6 Å². The van der Waals surface area contributed by atoms with Gasteiger partial charge in [0.25, 0.3) is 0 Å². The van der Waals surface area contributed by atoms with E-state index in [1.807, 2.05) is 32.0 Å². The molecule has 0 saturated carbocycles. The van der Waals surface area contributed by atoms with E-state index in [0.29, 0.717) is 84.4 Å². The number of amides is 1. The third-order valence-electron chi connectivity index (χ3n) is 13.5. The van der Waals surface area contributed by atoms with Crippen LogP contribution in [0.2, 0.25) is 0 Å². The number of anilines is 3. The van der Waals surface area contributed by atoms with Crippen molar-refractivity contribution in [1.29, 1.82) is 0 Å². The highest BCUT2D eigenvalue weighted by Gasteiger charge is 2.48. The van der Waals surface area contributed by atoms with E-state index >= 15 is 0 Å². The zero-order valence-electron chi connectivity index (χ0n) is 43.4. The van der Waals surface area contributed by atoms with Crippen LogP contribution in [0.1, 0.15) is 97.4 Å². The highest BCUT2D eigenvalue weighted by Crippen LogP contribution is 2.66. The Balaban J connectivity index is 0.852. The fourth-order valence-corrected chi connectivity index (χ4v) is 13.9. The molecule has 4 aliphatic rings. The zero-order valence-corrected chi connectivity index (χ0v) is 46.9. The highest BCUT2D eigenvalue weighted by atomic mass is 32.2. The number of phosphoric acid groups is 3. The molecule has 4 aliphatic heterocycles. The Labute approximate surface area is 447 Å². The average molecular weight is 1170 g/mol. The van der Waals surface area contributed by atoms with E-state index < -0.39 is 76.0 Å². The molecule has 10 N–H and O–H groups in total. The van der Waals surface area contributed by atoms with E-state index in [-0.39, 0.29) is 40.8 Å². The summed E-state index contributed by atoms with van der Waals surface area (Å²) >= 11 is 0. The molecular formula is C46H63N10O18P3S. The van der Waals surface area contributed by atoms with Crippen LogP contribution in [0.15, 0.2) is 47.7 Å². The van der Waals surface area contributed by atoms with Gasteiger partial charge in [0.1, 0.15) is 42.2 Å². The van der Waals surface area contributed by atoms with Gasteiger partial charge in [0.2, 0.25) is 17.2 Å². The molecular weight excluding hydrogens is 1110 g/mol. The zero-order chi connectivity index (χ0) is 56.9. The molecule has 0 bridgehead atoms. The van der Waals surface area contributed by atoms with E-state index in [0.717, 1.165) is 36.1 Å². The molecule has 2 unspecified atom stereocenters. The Hall–Kier alpha value is -5.06. The number of aliphatic hydroxyl groups excluding tert-OH is 2. The molecule has 4 aromatic rings. The van der Waals surface area contributed by atoms with Crippen LogP contribution in [-0.4, -0.2) is 136 Å². The predicted octanol–water partition coefficient (Wildman–Crippen LogP) is 3.23. The second-order valence-electron chi connectivity index (χ2n) is 20.3. The lowest BCUT2D eigenvalue weighted by molar-refractivity contribution is -0.121. The molecule has 2 aromatic carbocycles. The van der Waals surface area contributed by atoms with Crippen molar-refractivity contribution in [3.63, 3.8) is 0 Å². The van der Waals surface area contributed by atoms with Crippen molar-refractivity contribution < 1.29 is 83.9 Å². The molecule has 6 atom stereocenters. The number of likely N-dealkylation sites (N-methyl/N-ethyl adjacent to an activating group) is 1. The smallest absolute Gasteiger partial charge is 0.490 e. The molecule has 6 heterocycles. The Kier molecular flexibility index (Phi) is 17.0. The van der Waals surface area contributed by atoms with Crippen LogP contribution < -0.4 is 41.3 Å². The maximum absolute atomic E-state index is 13.1. The number of nitrogens with two attached hydrogens (primary N) is 1. The summed E-state index contributed by atoms with van der Waals surface area (Å²) in [6, 6.07) is 7.62. The van der Waals surface area contributed by atoms with Crippen LogP contribution in [0.4, 0.5) is 23.1 Å². The quantitative estimate of drug-likeness (QED) is 0.0196. The van der Waals surface area contributed by atoms with E-state index in [4.69, 9.17) is 30.0 Å². The molecule has 1 amide bonds. The molecule has 1 saturated heterocycles. The second-order valence-corrected chi connectivity index (χ2v) is 26.1. The summed E-state index contributed by atoms with van der Waals surface area (Å²) < 4.78 is 99.4. The molecule has 1 fully saturated rings. The first-order valence-corrected chi connectivity index (χ1v) is 30.9. The third-order valence-corrected chi connectivity index (χ3v) is 18.0. The second kappa shape index (κ2) is 22.5. The van der Waals surface area contributed by atoms with E-state index in [1.165, 1.54) is 4.57 Å². The Morgan fingerprint density at radius 1 is 0.923 bits per heavy atom. The summed E-state index contributed by atoms with van der Waals surface area (Å²) in [5.41, 5.74) is 9.99. The number of rotatable bonds is 23. The number of nitrogens with one attached hydrogen (secondary N) is 2. The van der Waals surface area contributed by atoms with E-state index in [2.05, 4.69) is 82.0 Å². The number of imidazole rings is 1. The number of benzene rings is 2. The van der Waals surface area contributed by atoms with Crippen molar-refractivity contribution >= 4 is 84.9 Å². The monoisotopic (exact) mass is 1170 g/mol. The summed E-state index contributed by atoms with van der Waals surface area (Å²) in [6.07, 6.45) is 1.90. The van der Waals surface area contributed by atoms with Crippen molar-refractivity contribution in [2.24, 2.45) is 4.99 Å². The number of carbonyl (C=O) groups is 1. The van der Waals surface area contributed by atoms with Crippen molar-refractivity contribution in [2.45, 2.75) is 116 Å².